The fourth-order valence-corrected chi connectivity index (χ4v) is 6.45. The molecule has 2 aromatic heterocycles. The van der Waals surface area contributed by atoms with Crippen molar-refractivity contribution in [1.82, 2.24) is 36.6 Å². The normalized spacial score (nSPS) is 23.4. The first-order valence-corrected chi connectivity index (χ1v) is 17.0. The number of rotatable bonds is 6. The maximum Gasteiger partial charge on any atom is 0.327 e. The number of H-pyrrole nitrogens is 1. The van der Waals surface area contributed by atoms with E-state index in [4.69, 9.17) is 5.73 Å². The van der Waals surface area contributed by atoms with E-state index >= 15 is 0 Å². The number of nitrogens with two attached hydrogens (primary N) is 1. The zero-order valence-corrected chi connectivity index (χ0v) is 28.8. The fraction of sp³-hybridized carbons (Fsp3) is 0.424. The number of carboxylic acids is 1. The summed E-state index contributed by atoms with van der Waals surface area (Å²) in [6, 6.07) is 3.47. The van der Waals surface area contributed by atoms with Crippen LogP contribution in [0.3, 0.4) is 0 Å². The number of para-hydroxylation sites is 1. The molecule has 10 N–H and O–H groups in total. The molecule has 0 saturated carbocycles. The SMILES string of the molecule is CC(C)C[C@@H]1NC(=O)[C@@H](NC(=O)c2ccc(N)nc2)Cc2c([nH]c3ccccc23)SC[C@@H](C(=O)O)NC(=O)[C@H]([C@@H](C)O)NC(=O)[C@@H](C)NC1=O. The van der Waals surface area contributed by atoms with Gasteiger partial charge in [-0.25, -0.2) is 9.78 Å². The number of nitrogens with zero attached hydrogens (tertiary/aromatic N) is 1. The van der Waals surface area contributed by atoms with Gasteiger partial charge >= 0.3 is 5.97 Å². The Kier molecular flexibility index (Phi) is 12.4. The summed E-state index contributed by atoms with van der Waals surface area (Å²) in [7, 11) is 0. The number of pyridine rings is 1. The Morgan fingerprint density at radius 3 is 2.34 bits per heavy atom. The van der Waals surface area contributed by atoms with Crippen molar-refractivity contribution in [2.45, 2.75) is 81.9 Å². The molecule has 17 heteroatoms. The number of carboxylic acid groups (broad SMARTS) is 1. The van der Waals surface area contributed by atoms with Gasteiger partial charge in [0.2, 0.25) is 23.6 Å². The summed E-state index contributed by atoms with van der Waals surface area (Å²) in [6.07, 6.45) is -0.0626. The molecule has 6 atom stereocenters. The largest absolute Gasteiger partial charge is 0.480 e. The number of fused-ring (bicyclic) bond motifs is 3. The highest BCUT2D eigenvalue weighted by Gasteiger charge is 2.34. The maximum absolute atomic E-state index is 14.1. The molecular weight excluding hydrogens is 668 g/mol. The van der Waals surface area contributed by atoms with Crippen LogP contribution in [-0.4, -0.2) is 97.8 Å². The smallest absolute Gasteiger partial charge is 0.327 e. The number of aromatic amines is 1. The second kappa shape index (κ2) is 16.5. The molecule has 3 aromatic rings. The number of aliphatic carboxylic acids is 1. The van der Waals surface area contributed by atoms with Crippen LogP contribution in [0.2, 0.25) is 0 Å². The first kappa shape index (κ1) is 37.7. The quantitative estimate of drug-likeness (QED) is 0.165. The van der Waals surface area contributed by atoms with Gasteiger partial charge in [0.15, 0.2) is 0 Å². The van der Waals surface area contributed by atoms with Crippen molar-refractivity contribution in [2.75, 3.05) is 11.5 Å². The van der Waals surface area contributed by atoms with Crippen molar-refractivity contribution >= 4 is 64.0 Å². The van der Waals surface area contributed by atoms with Gasteiger partial charge in [-0.05, 0) is 49.9 Å². The highest BCUT2D eigenvalue weighted by atomic mass is 32.2. The second-order valence-corrected chi connectivity index (χ2v) is 13.6. The Labute approximate surface area is 292 Å². The zero-order chi connectivity index (χ0) is 36.7. The lowest BCUT2D eigenvalue weighted by molar-refractivity contribution is -0.142. The third-order valence-corrected chi connectivity index (χ3v) is 9.15. The van der Waals surface area contributed by atoms with Gasteiger partial charge in [-0.3, -0.25) is 24.0 Å². The van der Waals surface area contributed by atoms with Crippen LogP contribution in [-0.2, 0) is 30.4 Å². The van der Waals surface area contributed by atoms with Crippen molar-refractivity contribution in [3.63, 3.8) is 0 Å². The standard InChI is InChI=1S/C33H42N8O8S/c1-15(2)11-22-29(45)36-16(3)27(43)41-26(17(4)42)31(47)39-24(33(48)49)14-50-32-20(19-7-5-6-8-21(19)40-32)12-23(30(46)38-22)37-28(44)18-9-10-25(34)35-13-18/h5-10,13,15-17,22-24,26,40,42H,11-12,14H2,1-4H3,(H2,34,35)(H,36,45)(H,37,44)(H,38,46)(H,39,47)(H,41,43)(H,48,49)/t16-,17-,22+,23+,24+,26+/m1/s1. The van der Waals surface area contributed by atoms with Gasteiger partial charge < -0.3 is 47.5 Å². The van der Waals surface area contributed by atoms with Crippen molar-refractivity contribution in [3.05, 3.63) is 53.7 Å². The van der Waals surface area contributed by atoms with E-state index in [-0.39, 0.29) is 35.9 Å². The summed E-state index contributed by atoms with van der Waals surface area (Å²) >= 11 is 1.06. The Morgan fingerprint density at radius 1 is 0.980 bits per heavy atom. The van der Waals surface area contributed by atoms with Crippen molar-refractivity contribution in [3.8, 4) is 0 Å². The van der Waals surface area contributed by atoms with Crippen LogP contribution >= 0.6 is 11.8 Å². The first-order valence-electron chi connectivity index (χ1n) is 16.0. The number of nitrogen functional groups attached to an aromatic ring is 1. The fourth-order valence-electron chi connectivity index (χ4n) is 5.34. The van der Waals surface area contributed by atoms with Crippen LogP contribution in [0.5, 0.6) is 0 Å². The van der Waals surface area contributed by atoms with E-state index in [1.807, 2.05) is 13.8 Å². The number of benzene rings is 1. The number of carbonyl (C=O) groups is 6. The molecule has 0 aliphatic carbocycles. The van der Waals surface area contributed by atoms with E-state index in [2.05, 4.69) is 36.6 Å². The zero-order valence-electron chi connectivity index (χ0n) is 28.0. The molecule has 50 heavy (non-hydrogen) atoms. The van der Waals surface area contributed by atoms with E-state index in [1.165, 1.54) is 32.2 Å². The first-order chi connectivity index (χ1) is 23.6. The molecule has 0 bridgehead atoms. The molecule has 0 spiro atoms. The number of carbonyl (C=O) groups excluding carboxylic acids is 5. The van der Waals surface area contributed by atoms with E-state index in [9.17, 15) is 39.0 Å². The Morgan fingerprint density at radius 2 is 1.70 bits per heavy atom. The number of amides is 5. The van der Waals surface area contributed by atoms with E-state index in [0.29, 0.717) is 21.5 Å². The summed E-state index contributed by atoms with van der Waals surface area (Å²) in [5.41, 5.74) is 7.06. The number of thioether (sulfide) groups is 1. The average Bonchev–Trinajstić information content (AvgIpc) is 3.40. The summed E-state index contributed by atoms with van der Waals surface area (Å²) in [4.78, 5) is 86.8. The minimum atomic E-state index is -1.54. The minimum absolute atomic E-state index is 0.0796. The molecule has 0 radical (unpaired) electrons. The van der Waals surface area contributed by atoms with Crippen LogP contribution in [0.4, 0.5) is 5.82 Å². The number of anilines is 1. The number of hydrogen-bond donors (Lipinski definition) is 9. The number of aliphatic hydroxyl groups excluding tert-OH is 1. The van der Waals surface area contributed by atoms with Crippen LogP contribution in [0.25, 0.3) is 10.9 Å². The van der Waals surface area contributed by atoms with Gasteiger partial charge in [-0.1, -0.05) is 32.0 Å². The molecule has 268 valence electrons. The van der Waals surface area contributed by atoms with Gasteiger partial charge in [0.1, 0.15) is 36.0 Å². The molecule has 0 fully saturated rings. The third-order valence-electron chi connectivity index (χ3n) is 8.02. The van der Waals surface area contributed by atoms with Crippen LogP contribution in [0, 0.1) is 5.92 Å². The molecular formula is C33H42N8O8S. The molecule has 1 aromatic carbocycles. The number of aliphatic hydroxyl groups is 1. The lowest BCUT2D eigenvalue weighted by atomic mass is 10.00. The van der Waals surface area contributed by atoms with E-state index in [1.54, 1.807) is 24.3 Å². The topological polar surface area (TPSA) is 258 Å². The minimum Gasteiger partial charge on any atom is -0.480 e. The van der Waals surface area contributed by atoms with E-state index in [0.717, 1.165) is 11.8 Å². The predicted molar refractivity (Wildman–Crippen MR) is 185 cm³/mol. The molecule has 4 rings (SSSR count). The summed E-state index contributed by atoms with van der Waals surface area (Å²) in [6.45, 7) is 6.31. The van der Waals surface area contributed by atoms with Crippen LogP contribution < -0.4 is 32.3 Å². The molecule has 0 saturated heterocycles. The monoisotopic (exact) mass is 710 g/mol. The third kappa shape index (κ3) is 9.50. The van der Waals surface area contributed by atoms with Crippen molar-refractivity contribution in [2.24, 2.45) is 5.92 Å². The molecule has 0 unspecified atom stereocenters. The van der Waals surface area contributed by atoms with Gasteiger partial charge in [-0.2, -0.15) is 0 Å². The summed E-state index contributed by atoms with van der Waals surface area (Å²) in [5, 5.41) is 34.3. The van der Waals surface area contributed by atoms with Crippen LogP contribution in [0.1, 0.15) is 50.0 Å². The summed E-state index contributed by atoms with van der Waals surface area (Å²) in [5.74, 6) is -5.24. The molecule has 1 aliphatic heterocycles. The Balaban J connectivity index is 1.80. The highest BCUT2D eigenvalue weighted by molar-refractivity contribution is 7.99. The molecule has 3 heterocycles. The summed E-state index contributed by atoms with van der Waals surface area (Å²) < 4.78 is 0. The van der Waals surface area contributed by atoms with Crippen molar-refractivity contribution in [1.29, 1.82) is 0 Å². The number of hydrogen-bond acceptors (Lipinski definition) is 10. The Bertz CT molecular complexity index is 1740. The molecule has 1 aliphatic rings. The van der Waals surface area contributed by atoms with Gasteiger partial charge in [0.05, 0.1) is 16.7 Å². The highest BCUT2D eigenvalue weighted by Crippen LogP contribution is 2.31. The van der Waals surface area contributed by atoms with E-state index < -0.39 is 71.8 Å². The van der Waals surface area contributed by atoms with Crippen LogP contribution in [0.15, 0.2) is 47.6 Å². The van der Waals surface area contributed by atoms with Gasteiger partial charge in [-0.15, -0.1) is 11.8 Å². The van der Waals surface area contributed by atoms with Gasteiger partial charge in [0.25, 0.3) is 5.91 Å². The van der Waals surface area contributed by atoms with Crippen molar-refractivity contribution < 1.29 is 39.0 Å². The lowest BCUT2D eigenvalue weighted by Crippen LogP contribution is -2.60. The molecule has 5 amide bonds. The Hall–Kier alpha value is -5.16. The second-order valence-electron chi connectivity index (χ2n) is 12.5. The number of nitrogens with one attached hydrogen (secondary N) is 6. The molecule has 16 nitrogen and oxygen atoms in total. The maximum atomic E-state index is 14.1. The number of aromatic nitrogens is 2. The predicted octanol–water partition coefficient (Wildman–Crippen LogP) is 0.0625. The van der Waals surface area contributed by atoms with Gasteiger partial charge in [0, 0.05) is 29.3 Å². The lowest BCUT2D eigenvalue weighted by Gasteiger charge is -2.27. The average molecular weight is 711 g/mol.